The monoisotopic (exact) mass is 458 g/mol. The summed E-state index contributed by atoms with van der Waals surface area (Å²) in [5.74, 6) is -1.06. The van der Waals surface area contributed by atoms with E-state index in [2.05, 4.69) is 9.88 Å². The number of aromatic nitrogens is 1. The average molecular weight is 459 g/mol. The summed E-state index contributed by atoms with van der Waals surface area (Å²) in [6, 6.07) is 0. The number of hydrogen-bond donors (Lipinski definition) is 0. The lowest BCUT2D eigenvalue weighted by Gasteiger charge is -2.25. The Morgan fingerprint density at radius 1 is 0.889 bits per heavy atom. The SMILES string of the molecule is O=C1C(Cl)=C(c2csc(=O)s2)C(=O)C(Cl)=C1c1cnc(N2CCCCC2)s1. The lowest BCUT2D eigenvalue weighted by Crippen LogP contribution is -2.29. The second-order valence-electron chi connectivity index (χ2n) is 6.04. The second-order valence-corrected chi connectivity index (χ2v) is 9.92. The van der Waals surface area contributed by atoms with Crippen molar-refractivity contribution in [1.82, 2.24) is 4.98 Å². The van der Waals surface area contributed by atoms with E-state index in [1.165, 1.54) is 23.1 Å². The van der Waals surface area contributed by atoms with Gasteiger partial charge in [-0.05, 0) is 19.3 Å². The molecule has 4 rings (SSSR count). The summed E-state index contributed by atoms with van der Waals surface area (Å²) in [4.78, 5) is 44.6. The molecule has 2 aromatic heterocycles. The molecule has 0 unspecified atom stereocenters. The maximum absolute atomic E-state index is 12.9. The van der Waals surface area contributed by atoms with Gasteiger partial charge in [0.2, 0.25) is 11.6 Å². The number of allylic oxidation sites excluding steroid dienone is 4. The van der Waals surface area contributed by atoms with Gasteiger partial charge in [0.05, 0.1) is 20.9 Å². The first-order chi connectivity index (χ1) is 13.0. The number of carbonyl (C=O) groups excluding carboxylic acids is 2. The molecule has 10 heteroatoms. The third-order valence-corrected chi connectivity index (χ3v) is 8.10. The molecule has 0 spiro atoms. The highest BCUT2D eigenvalue weighted by Gasteiger charge is 2.36. The minimum Gasteiger partial charge on any atom is -0.348 e. The standard InChI is InChI=1S/C17H12Cl2N2O3S3/c18-12-10(8-6-20-16(26-8)21-4-2-1-3-5-21)14(22)13(19)11(15(12)23)9-7-25-17(24)27-9/h6-7H,1-5H2. The molecule has 0 bridgehead atoms. The second kappa shape index (κ2) is 7.60. The summed E-state index contributed by atoms with van der Waals surface area (Å²) in [5.41, 5.74) is 0.0817. The first kappa shape index (κ1) is 19.0. The van der Waals surface area contributed by atoms with Crippen molar-refractivity contribution in [2.75, 3.05) is 18.0 Å². The fourth-order valence-corrected chi connectivity index (χ4v) is 6.48. The van der Waals surface area contributed by atoms with Gasteiger partial charge in [-0.1, -0.05) is 57.2 Å². The molecule has 2 aliphatic rings. The molecule has 0 amide bonds. The van der Waals surface area contributed by atoms with E-state index in [1.807, 2.05) is 0 Å². The number of hydrogen-bond acceptors (Lipinski definition) is 8. The van der Waals surface area contributed by atoms with Gasteiger partial charge in [-0.25, -0.2) is 4.98 Å². The van der Waals surface area contributed by atoms with Crippen molar-refractivity contribution in [3.63, 3.8) is 0 Å². The highest BCUT2D eigenvalue weighted by atomic mass is 35.5. The molecule has 1 aliphatic carbocycles. The van der Waals surface area contributed by atoms with Gasteiger partial charge in [0.1, 0.15) is 10.1 Å². The number of rotatable bonds is 3. The average Bonchev–Trinajstić information content (AvgIpc) is 3.31. The molecule has 0 saturated carbocycles. The maximum atomic E-state index is 12.9. The van der Waals surface area contributed by atoms with Gasteiger partial charge in [0.15, 0.2) is 5.13 Å². The van der Waals surface area contributed by atoms with Crippen LogP contribution in [0.4, 0.5) is 5.13 Å². The van der Waals surface area contributed by atoms with Crippen molar-refractivity contribution < 1.29 is 9.59 Å². The van der Waals surface area contributed by atoms with Crippen molar-refractivity contribution in [3.8, 4) is 0 Å². The quantitative estimate of drug-likeness (QED) is 0.638. The van der Waals surface area contributed by atoms with Gasteiger partial charge in [-0.15, -0.1) is 0 Å². The highest BCUT2D eigenvalue weighted by Crippen LogP contribution is 2.42. The first-order valence-corrected chi connectivity index (χ1v) is 11.4. The van der Waals surface area contributed by atoms with Crippen LogP contribution in [0.25, 0.3) is 11.1 Å². The van der Waals surface area contributed by atoms with Gasteiger partial charge in [0, 0.05) is 24.7 Å². The summed E-state index contributed by atoms with van der Waals surface area (Å²) in [6.45, 7) is 1.85. The minimum absolute atomic E-state index is 0.000430. The molecule has 3 heterocycles. The predicted octanol–water partition coefficient (Wildman–Crippen LogP) is 4.37. The molecule has 5 nitrogen and oxygen atoms in total. The molecule has 1 fully saturated rings. The van der Waals surface area contributed by atoms with Crippen LogP contribution < -0.4 is 8.96 Å². The van der Waals surface area contributed by atoms with Gasteiger partial charge in [-0.2, -0.15) is 0 Å². The normalized spacial score (nSPS) is 18.7. The number of halogens is 2. The van der Waals surface area contributed by atoms with E-state index < -0.39 is 11.6 Å². The summed E-state index contributed by atoms with van der Waals surface area (Å²) in [6.07, 6.45) is 4.99. The fraction of sp³-hybridized carbons (Fsp3) is 0.294. The molecular formula is C17H12Cl2N2O3S3. The Morgan fingerprint density at radius 3 is 2.11 bits per heavy atom. The van der Waals surface area contributed by atoms with E-state index in [-0.39, 0.29) is 25.3 Å². The fourth-order valence-electron chi connectivity index (χ4n) is 3.05. The summed E-state index contributed by atoms with van der Waals surface area (Å²) in [5, 5.41) is 1.94. The zero-order chi connectivity index (χ0) is 19.1. The summed E-state index contributed by atoms with van der Waals surface area (Å²) in [7, 11) is 0. The largest absolute Gasteiger partial charge is 0.348 e. The molecule has 0 aromatic carbocycles. The molecule has 2 aromatic rings. The molecule has 1 aliphatic heterocycles. The number of ketones is 2. The van der Waals surface area contributed by atoms with E-state index in [0.29, 0.717) is 9.75 Å². The molecule has 1 saturated heterocycles. The van der Waals surface area contributed by atoms with Crippen LogP contribution >= 0.6 is 57.2 Å². The van der Waals surface area contributed by atoms with E-state index in [4.69, 9.17) is 23.2 Å². The Labute approximate surface area is 176 Å². The van der Waals surface area contributed by atoms with E-state index in [9.17, 15) is 14.4 Å². The lowest BCUT2D eigenvalue weighted by atomic mass is 9.95. The lowest BCUT2D eigenvalue weighted by molar-refractivity contribution is -0.113. The molecule has 0 atom stereocenters. The van der Waals surface area contributed by atoms with Gasteiger partial charge >= 0.3 is 0 Å². The van der Waals surface area contributed by atoms with E-state index in [0.717, 1.165) is 53.7 Å². The van der Waals surface area contributed by atoms with E-state index in [1.54, 1.807) is 6.20 Å². The Morgan fingerprint density at radius 2 is 1.52 bits per heavy atom. The third-order valence-electron chi connectivity index (χ3n) is 4.36. The van der Waals surface area contributed by atoms with E-state index >= 15 is 0 Å². The zero-order valence-electron chi connectivity index (χ0n) is 13.8. The van der Waals surface area contributed by atoms with Crippen LogP contribution in [0.15, 0.2) is 26.4 Å². The Balaban J connectivity index is 1.71. The summed E-state index contributed by atoms with van der Waals surface area (Å²) < 4.78 is -0.179. The van der Waals surface area contributed by atoms with Crippen LogP contribution in [0.1, 0.15) is 29.0 Å². The predicted molar refractivity (Wildman–Crippen MR) is 112 cm³/mol. The van der Waals surface area contributed by atoms with Crippen LogP contribution in [0, 0.1) is 0 Å². The number of carbonyl (C=O) groups is 2. The first-order valence-electron chi connectivity index (χ1n) is 8.16. The van der Waals surface area contributed by atoms with Gasteiger partial charge in [0.25, 0.3) is 4.06 Å². The minimum atomic E-state index is -0.543. The molecule has 0 N–H and O–H groups in total. The van der Waals surface area contributed by atoms with Crippen molar-refractivity contribution in [2.45, 2.75) is 19.3 Å². The maximum Gasteiger partial charge on any atom is 0.287 e. The van der Waals surface area contributed by atoms with Crippen LogP contribution in [-0.4, -0.2) is 29.6 Å². The topological polar surface area (TPSA) is 67.3 Å². The summed E-state index contributed by atoms with van der Waals surface area (Å²) >= 11 is 15.7. The number of nitrogens with zero attached hydrogens (tertiary/aromatic N) is 2. The van der Waals surface area contributed by atoms with Crippen molar-refractivity contribution in [2.24, 2.45) is 0 Å². The molecule has 140 valence electrons. The Bertz CT molecular complexity index is 1060. The van der Waals surface area contributed by atoms with Gasteiger partial charge in [-0.3, -0.25) is 14.4 Å². The molecule has 0 radical (unpaired) electrons. The van der Waals surface area contributed by atoms with Crippen LogP contribution in [-0.2, 0) is 9.59 Å². The number of anilines is 1. The van der Waals surface area contributed by atoms with Crippen molar-refractivity contribution >= 4 is 85.1 Å². The smallest absolute Gasteiger partial charge is 0.287 e. The van der Waals surface area contributed by atoms with Gasteiger partial charge < -0.3 is 4.90 Å². The van der Waals surface area contributed by atoms with Crippen LogP contribution in [0.2, 0.25) is 0 Å². The van der Waals surface area contributed by atoms with Crippen LogP contribution in [0.5, 0.6) is 0 Å². The Kier molecular flexibility index (Phi) is 5.35. The number of Topliss-reactive ketones (excluding diaryl/α,β-unsaturated/α-hetero) is 2. The van der Waals surface area contributed by atoms with Crippen molar-refractivity contribution in [3.05, 3.63) is 40.2 Å². The van der Waals surface area contributed by atoms with Crippen molar-refractivity contribution in [1.29, 1.82) is 0 Å². The third kappa shape index (κ3) is 3.45. The number of piperidine rings is 1. The molecule has 27 heavy (non-hydrogen) atoms. The van der Waals surface area contributed by atoms with Crippen LogP contribution in [0.3, 0.4) is 0 Å². The zero-order valence-corrected chi connectivity index (χ0v) is 17.8. The Hall–Kier alpha value is -1.32. The number of thiazole rings is 1. The highest BCUT2D eigenvalue weighted by molar-refractivity contribution is 7.27. The molecular weight excluding hydrogens is 447 g/mol.